The Kier molecular flexibility index (Phi) is 3.92. The van der Waals surface area contributed by atoms with Gasteiger partial charge < -0.3 is 11.1 Å². The number of rotatable bonds is 4. The van der Waals surface area contributed by atoms with Gasteiger partial charge in [-0.3, -0.25) is 4.79 Å². The molecule has 1 saturated carbocycles. The second-order valence-corrected chi connectivity index (χ2v) is 5.24. The Balaban J connectivity index is 1.81. The van der Waals surface area contributed by atoms with E-state index in [0.717, 1.165) is 19.3 Å². The molecule has 7 heteroatoms. The third-order valence-electron chi connectivity index (χ3n) is 3.98. The average molecular weight is 286 g/mol. The highest BCUT2D eigenvalue weighted by Crippen LogP contribution is 2.32. The Morgan fingerprint density at radius 3 is 3.14 bits per heavy atom. The third kappa shape index (κ3) is 2.78. The van der Waals surface area contributed by atoms with Crippen LogP contribution in [0.1, 0.15) is 19.3 Å². The van der Waals surface area contributed by atoms with Crippen LogP contribution in [0.5, 0.6) is 0 Å². The number of nitrogens with one attached hydrogen (secondary N) is 1. The fourth-order valence-electron chi connectivity index (χ4n) is 2.88. The first-order valence-electron chi connectivity index (χ1n) is 7.10. The van der Waals surface area contributed by atoms with E-state index >= 15 is 0 Å². The highest BCUT2D eigenvalue weighted by molar-refractivity contribution is 5.94. The molecule has 3 rings (SSSR count). The van der Waals surface area contributed by atoms with Gasteiger partial charge in [-0.25, -0.2) is 14.6 Å². The van der Waals surface area contributed by atoms with Crippen LogP contribution in [0.25, 0.3) is 5.82 Å². The molecule has 1 amide bonds. The molecular formula is C14H18N6O. The first-order chi connectivity index (χ1) is 10.3. The van der Waals surface area contributed by atoms with Crippen molar-refractivity contribution >= 4 is 11.6 Å². The maximum atomic E-state index is 12.5. The summed E-state index contributed by atoms with van der Waals surface area (Å²) < 4.78 is 1.53. The summed E-state index contributed by atoms with van der Waals surface area (Å²) in [6, 6.07) is 3.60. The summed E-state index contributed by atoms with van der Waals surface area (Å²) in [7, 11) is 0. The van der Waals surface area contributed by atoms with Crippen LogP contribution in [-0.2, 0) is 4.79 Å². The van der Waals surface area contributed by atoms with Crippen LogP contribution in [0.3, 0.4) is 0 Å². The molecule has 110 valence electrons. The van der Waals surface area contributed by atoms with E-state index in [4.69, 9.17) is 5.73 Å². The summed E-state index contributed by atoms with van der Waals surface area (Å²) in [4.78, 5) is 20.6. The lowest BCUT2D eigenvalue weighted by Gasteiger charge is -2.18. The Labute approximate surface area is 122 Å². The minimum atomic E-state index is -0.0150. The summed E-state index contributed by atoms with van der Waals surface area (Å²) in [6.07, 6.45) is 7.62. The third-order valence-corrected chi connectivity index (χ3v) is 3.98. The standard InChI is InChI=1S/C14H18N6O/c15-7-10-3-1-4-11(10)14(21)19-12-5-2-6-17-13(12)20-9-16-8-18-20/h2,5-6,8-11H,1,3-4,7,15H2,(H,19,21)/t10-,11-/m1/s1. The molecule has 2 heterocycles. The number of nitrogens with zero attached hydrogens (tertiary/aromatic N) is 4. The number of carbonyl (C=O) groups is 1. The highest BCUT2D eigenvalue weighted by atomic mass is 16.1. The van der Waals surface area contributed by atoms with E-state index in [2.05, 4.69) is 20.4 Å². The van der Waals surface area contributed by atoms with Crippen molar-refractivity contribution in [2.45, 2.75) is 19.3 Å². The van der Waals surface area contributed by atoms with E-state index in [1.807, 2.05) is 6.07 Å². The zero-order valence-electron chi connectivity index (χ0n) is 11.6. The molecule has 1 aliphatic carbocycles. The van der Waals surface area contributed by atoms with Gasteiger partial charge in [0.05, 0.1) is 5.69 Å². The highest BCUT2D eigenvalue weighted by Gasteiger charge is 2.32. The lowest BCUT2D eigenvalue weighted by atomic mass is 9.95. The molecule has 3 N–H and O–H groups in total. The van der Waals surface area contributed by atoms with Gasteiger partial charge >= 0.3 is 0 Å². The van der Waals surface area contributed by atoms with E-state index in [0.29, 0.717) is 18.1 Å². The van der Waals surface area contributed by atoms with Crippen LogP contribution in [0.4, 0.5) is 5.69 Å². The fourth-order valence-corrected chi connectivity index (χ4v) is 2.88. The first-order valence-corrected chi connectivity index (χ1v) is 7.10. The Hall–Kier alpha value is -2.28. The molecule has 1 fully saturated rings. The van der Waals surface area contributed by atoms with Gasteiger partial charge in [0.25, 0.3) is 0 Å². The number of anilines is 1. The monoisotopic (exact) mass is 286 g/mol. The molecule has 0 unspecified atom stereocenters. The normalized spacial score (nSPS) is 21.4. The smallest absolute Gasteiger partial charge is 0.227 e. The zero-order valence-corrected chi connectivity index (χ0v) is 11.6. The molecule has 0 spiro atoms. The Bertz CT molecular complexity index is 612. The van der Waals surface area contributed by atoms with E-state index in [1.54, 1.807) is 18.6 Å². The lowest BCUT2D eigenvalue weighted by molar-refractivity contribution is -0.120. The van der Waals surface area contributed by atoms with Gasteiger partial charge in [-0.05, 0) is 37.4 Å². The molecule has 1 aliphatic rings. The minimum absolute atomic E-state index is 0.0114. The summed E-state index contributed by atoms with van der Waals surface area (Å²) in [6.45, 7) is 0.557. The number of hydrogen-bond acceptors (Lipinski definition) is 5. The van der Waals surface area contributed by atoms with Crippen molar-refractivity contribution in [3.8, 4) is 5.82 Å². The van der Waals surface area contributed by atoms with Gasteiger partial charge in [0, 0.05) is 12.1 Å². The molecule has 0 bridgehead atoms. The number of nitrogens with two attached hydrogens (primary N) is 1. The Morgan fingerprint density at radius 1 is 1.48 bits per heavy atom. The molecule has 2 atom stereocenters. The Morgan fingerprint density at radius 2 is 2.38 bits per heavy atom. The number of pyridine rings is 1. The summed E-state index contributed by atoms with van der Waals surface area (Å²) in [5.41, 5.74) is 6.38. The summed E-state index contributed by atoms with van der Waals surface area (Å²) in [5, 5.41) is 7.01. The zero-order chi connectivity index (χ0) is 14.7. The predicted molar refractivity (Wildman–Crippen MR) is 77.7 cm³/mol. The van der Waals surface area contributed by atoms with Crippen LogP contribution in [-0.4, -0.2) is 32.2 Å². The number of amides is 1. The molecule has 0 aliphatic heterocycles. The molecule has 0 saturated heterocycles. The van der Waals surface area contributed by atoms with Gasteiger partial charge in [0.1, 0.15) is 12.7 Å². The van der Waals surface area contributed by atoms with Crippen molar-refractivity contribution in [1.29, 1.82) is 0 Å². The van der Waals surface area contributed by atoms with Crippen molar-refractivity contribution in [3.63, 3.8) is 0 Å². The van der Waals surface area contributed by atoms with E-state index in [-0.39, 0.29) is 17.7 Å². The second-order valence-electron chi connectivity index (χ2n) is 5.24. The van der Waals surface area contributed by atoms with Crippen LogP contribution in [0, 0.1) is 11.8 Å². The second kappa shape index (κ2) is 6.01. The van der Waals surface area contributed by atoms with Crippen molar-refractivity contribution < 1.29 is 4.79 Å². The first kappa shape index (κ1) is 13.7. The van der Waals surface area contributed by atoms with Crippen LogP contribution in [0.2, 0.25) is 0 Å². The SMILES string of the molecule is NC[C@H]1CCC[C@H]1C(=O)Nc1cccnc1-n1cncn1. The molecule has 0 aromatic carbocycles. The number of hydrogen-bond donors (Lipinski definition) is 2. The molecule has 0 radical (unpaired) electrons. The maximum absolute atomic E-state index is 12.5. The van der Waals surface area contributed by atoms with E-state index in [9.17, 15) is 4.79 Å². The van der Waals surface area contributed by atoms with Gasteiger partial charge in [-0.15, -0.1) is 0 Å². The maximum Gasteiger partial charge on any atom is 0.227 e. The van der Waals surface area contributed by atoms with Gasteiger partial charge in [-0.1, -0.05) is 6.42 Å². The molecule has 21 heavy (non-hydrogen) atoms. The van der Waals surface area contributed by atoms with E-state index in [1.165, 1.54) is 11.0 Å². The number of carbonyl (C=O) groups excluding carboxylic acids is 1. The lowest BCUT2D eigenvalue weighted by Crippen LogP contribution is -2.30. The molecule has 2 aromatic rings. The predicted octanol–water partition coefficient (Wildman–Crippen LogP) is 0.976. The quantitative estimate of drug-likeness (QED) is 0.872. The van der Waals surface area contributed by atoms with Crippen molar-refractivity contribution in [1.82, 2.24) is 19.7 Å². The van der Waals surface area contributed by atoms with Crippen molar-refractivity contribution in [3.05, 3.63) is 31.0 Å². The number of aromatic nitrogens is 4. The largest absolute Gasteiger partial charge is 0.330 e. The van der Waals surface area contributed by atoms with E-state index < -0.39 is 0 Å². The summed E-state index contributed by atoms with van der Waals surface area (Å²) in [5.74, 6) is 0.832. The van der Waals surface area contributed by atoms with Gasteiger partial charge in [-0.2, -0.15) is 5.10 Å². The van der Waals surface area contributed by atoms with Crippen LogP contribution in [0.15, 0.2) is 31.0 Å². The molecule has 2 aromatic heterocycles. The van der Waals surface area contributed by atoms with Gasteiger partial charge in [0.2, 0.25) is 5.91 Å². The minimum Gasteiger partial charge on any atom is -0.330 e. The average Bonchev–Trinajstić information content (AvgIpc) is 3.19. The van der Waals surface area contributed by atoms with Crippen molar-refractivity contribution in [2.24, 2.45) is 17.6 Å². The fraction of sp³-hybridized carbons (Fsp3) is 0.429. The molecule has 7 nitrogen and oxygen atoms in total. The van der Waals surface area contributed by atoms with Gasteiger partial charge in [0.15, 0.2) is 5.82 Å². The van der Waals surface area contributed by atoms with Crippen molar-refractivity contribution in [2.75, 3.05) is 11.9 Å². The summed E-state index contributed by atoms with van der Waals surface area (Å²) >= 11 is 0. The van der Waals surface area contributed by atoms with Crippen LogP contribution >= 0.6 is 0 Å². The van der Waals surface area contributed by atoms with Crippen LogP contribution < -0.4 is 11.1 Å². The molecular weight excluding hydrogens is 268 g/mol. The topological polar surface area (TPSA) is 98.7 Å².